The van der Waals surface area contributed by atoms with Gasteiger partial charge in [-0.05, 0) is 12.3 Å². The Balaban J connectivity index is 3.34. The molecule has 0 spiro atoms. The molecule has 0 aromatic rings. The lowest BCUT2D eigenvalue weighted by Gasteiger charge is -2.13. The van der Waals surface area contributed by atoms with Crippen molar-refractivity contribution in [3.05, 3.63) is 0 Å². The molecule has 0 aromatic carbocycles. The summed E-state index contributed by atoms with van der Waals surface area (Å²) in [6.07, 6.45) is 17.2. The van der Waals surface area contributed by atoms with E-state index in [2.05, 4.69) is 13.8 Å². The summed E-state index contributed by atoms with van der Waals surface area (Å²) in [7, 11) is 0. The number of hydrogen-bond donors (Lipinski definition) is 1. The molecule has 0 aliphatic rings. The van der Waals surface area contributed by atoms with E-state index in [1.54, 1.807) is 0 Å². The number of aliphatic carboxylic acids is 1. The number of hydrogen-bond acceptors (Lipinski definition) is 1. The molecule has 0 amide bonds. The van der Waals surface area contributed by atoms with Gasteiger partial charge >= 0.3 is 5.97 Å². The topological polar surface area (TPSA) is 37.3 Å². The van der Waals surface area contributed by atoms with Gasteiger partial charge in [0.25, 0.3) is 0 Å². The molecule has 0 saturated carbocycles. The Morgan fingerprint density at radius 2 is 1.25 bits per heavy atom. The molecule has 1 N–H and O–H groups in total. The highest BCUT2D eigenvalue weighted by molar-refractivity contribution is 5.66. The third-order valence-electron chi connectivity index (χ3n) is 4.13. The van der Waals surface area contributed by atoms with Crippen molar-refractivity contribution >= 4 is 5.97 Å². The van der Waals surface area contributed by atoms with Crippen molar-refractivity contribution in [2.45, 2.75) is 104 Å². The Kier molecular flexibility index (Phi) is 14.5. The first-order valence-electron chi connectivity index (χ1n) is 8.92. The van der Waals surface area contributed by atoms with Crippen LogP contribution in [0.3, 0.4) is 0 Å². The van der Waals surface area contributed by atoms with Gasteiger partial charge in [0.05, 0.1) is 0 Å². The Morgan fingerprint density at radius 1 is 0.750 bits per heavy atom. The van der Waals surface area contributed by atoms with Gasteiger partial charge in [-0.3, -0.25) is 4.79 Å². The van der Waals surface area contributed by atoms with Crippen LogP contribution in [0.4, 0.5) is 0 Å². The number of carbonyl (C=O) groups is 1. The largest absolute Gasteiger partial charge is 0.481 e. The van der Waals surface area contributed by atoms with Crippen LogP contribution in [0.25, 0.3) is 0 Å². The SMILES string of the molecule is CCCCCCCCCCCCC(CCC)CC(=O)O. The molecule has 120 valence electrons. The maximum Gasteiger partial charge on any atom is 0.303 e. The van der Waals surface area contributed by atoms with Crippen LogP contribution in [0.2, 0.25) is 0 Å². The van der Waals surface area contributed by atoms with E-state index in [-0.39, 0.29) is 0 Å². The van der Waals surface area contributed by atoms with E-state index in [4.69, 9.17) is 5.11 Å². The number of rotatable bonds is 15. The average molecular weight is 284 g/mol. The van der Waals surface area contributed by atoms with E-state index in [0.717, 1.165) is 19.3 Å². The number of carboxylic acid groups (broad SMARTS) is 1. The fourth-order valence-electron chi connectivity index (χ4n) is 2.92. The van der Waals surface area contributed by atoms with Crippen LogP contribution in [0, 0.1) is 5.92 Å². The Morgan fingerprint density at radius 3 is 1.70 bits per heavy atom. The van der Waals surface area contributed by atoms with E-state index in [0.29, 0.717) is 12.3 Å². The van der Waals surface area contributed by atoms with Gasteiger partial charge in [0.15, 0.2) is 0 Å². The minimum absolute atomic E-state index is 0.366. The third kappa shape index (κ3) is 13.9. The summed E-state index contributed by atoms with van der Waals surface area (Å²) >= 11 is 0. The molecule has 0 saturated heterocycles. The lowest BCUT2D eigenvalue weighted by atomic mass is 9.93. The summed E-state index contributed by atoms with van der Waals surface area (Å²) < 4.78 is 0. The molecule has 0 bridgehead atoms. The van der Waals surface area contributed by atoms with Crippen molar-refractivity contribution < 1.29 is 9.90 Å². The second kappa shape index (κ2) is 14.9. The molecule has 2 nitrogen and oxygen atoms in total. The van der Waals surface area contributed by atoms with Gasteiger partial charge in [-0.15, -0.1) is 0 Å². The fourth-order valence-corrected chi connectivity index (χ4v) is 2.92. The molecular formula is C18H36O2. The minimum atomic E-state index is -0.629. The van der Waals surface area contributed by atoms with Crippen LogP contribution >= 0.6 is 0 Å². The molecule has 0 radical (unpaired) electrons. The van der Waals surface area contributed by atoms with Gasteiger partial charge in [-0.1, -0.05) is 90.9 Å². The van der Waals surface area contributed by atoms with Crippen LogP contribution in [0.15, 0.2) is 0 Å². The molecule has 2 heteroatoms. The minimum Gasteiger partial charge on any atom is -0.481 e. The van der Waals surface area contributed by atoms with Crippen molar-refractivity contribution in [3.63, 3.8) is 0 Å². The second-order valence-electron chi connectivity index (χ2n) is 6.22. The Labute approximate surface area is 126 Å². The van der Waals surface area contributed by atoms with Crippen molar-refractivity contribution in [1.82, 2.24) is 0 Å². The monoisotopic (exact) mass is 284 g/mol. The standard InChI is InChI=1S/C18H36O2/c1-3-5-6-7-8-9-10-11-12-13-15-17(14-4-2)16-18(19)20/h17H,3-16H2,1-2H3,(H,19,20). The molecule has 0 rings (SSSR count). The van der Waals surface area contributed by atoms with Crippen molar-refractivity contribution in [3.8, 4) is 0 Å². The van der Waals surface area contributed by atoms with Gasteiger partial charge in [0, 0.05) is 6.42 Å². The maximum absolute atomic E-state index is 10.8. The van der Waals surface area contributed by atoms with Crippen LogP contribution in [-0.4, -0.2) is 11.1 Å². The normalized spacial score (nSPS) is 12.5. The highest BCUT2D eigenvalue weighted by Crippen LogP contribution is 2.20. The molecule has 0 heterocycles. The zero-order valence-corrected chi connectivity index (χ0v) is 13.8. The first-order chi connectivity index (χ1) is 9.70. The van der Waals surface area contributed by atoms with E-state index in [1.807, 2.05) is 0 Å². The molecule has 0 aliphatic heterocycles. The molecule has 0 aliphatic carbocycles. The first-order valence-corrected chi connectivity index (χ1v) is 8.92. The average Bonchev–Trinajstić information content (AvgIpc) is 2.40. The zero-order chi connectivity index (χ0) is 15.1. The Hall–Kier alpha value is -0.530. The molecule has 1 unspecified atom stereocenters. The number of unbranched alkanes of at least 4 members (excludes halogenated alkanes) is 9. The molecule has 0 aromatic heterocycles. The van der Waals surface area contributed by atoms with Crippen molar-refractivity contribution in [2.24, 2.45) is 5.92 Å². The van der Waals surface area contributed by atoms with E-state index >= 15 is 0 Å². The predicted molar refractivity (Wildman–Crippen MR) is 87.1 cm³/mol. The van der Waals surface area contributed by atoms with Gasteiger partial charge in [0.1, 0.15) is 0 Å². The fraction of sp³-hybridized carbons (Fsp3) is 0.944. The van der Waals surface area contributed by atoms with E-state index < -0.39 is 5.97 Å². The molecule has 1 atom stereocenters. The number of carboxylic acids is 1. The maximum atomic E-state index is 10.8. The third-order valence-corrected chi connectivity index (χ3v) is 4.13. The predicted octanol–water partition coefficient (Wildman–Crippen LogP) is 6.19. The first kappa shape index (κ1) is 19.5. The van der Waals surface area contributed by atoms with E-state index in [9.17, 15) is 4.79 Å². The highest BCUT2D eigenvalue weighted by atomic mass is 16.4. The zero-order valence-electron chi connectivity index (χ0n) is 13.8. The van der Waals surface area contributed by atoms with Gasteiger partial charge in [0.2, 0.25) is 0 Å². The van der Waals surface area contributed by atoms with Gasteiger partial charge in [-0.2, -0.15) is 0 Å². The quantitative estimate of drug-likeness (QED) is 0.364. The summed E-state index contributed by atoms with van der Waals surface area (Å²) in [4.78, 5) is 10.8. The molecular weight excluding hydrogens is 248 g/mol. The van der Waals surface area contributed by atoms with Crippen LogP contribution in [-0.2, 0) is 4.79 Å². The van der Waals surface area contributed by atoms with Crippen molar-refractivity contribution in [2.75, 3.05) is 0 Å². The summed E-state index contributed by atoms with van der Waals surface area (Å²) in [6.45, 7) is 4.41. The smallest absolute Gasteiger partial charge is 0.303 e. The summed E-state index contributed by atoms with van der Waals surface area (Å²) in [6, 6.07) is 0. The lowest BCUT2D eigenvalue weighted by molar-refractivity contribution is -0.138. The van der Waals surface area contributed by atoms with E-state index in [1.165, 1.54) is 64.2 Å². The molecule has 20 heavy (non-hydrogen) atoms. The van der Waals surface area contributed by atoms with Crippen LogP contribution < -0.4 is 0 Å². The van der Waals surface area contributed by atoms with Gasteiger partial charge in [-0.25, -0.2) is 0 Å². The van der Waals surface area contributed by atoms with Crippen LogP contribution in [0.1, 0.15) is 104 Å². The van der Waals surface area contributed by atoms with Crippen LogP contribution in [0.5, 0.6) is 0 Å². The summed E-state index contributed by atoms with van der Waals surface area (Å²) in [5.74, 6) is -0.220. The highest BCUT2D eigenvalue weighted by Gasteiger charge is 2.11. The Bertz CT molecular complexity index is 213. The van der Waals surface area contributed by atoms with Crippen molar-refractivity contribution in [1.29, 1.82) is 0 Å². The summed E-state index contributed by atoms with van der Waals surface area (Å²) in [5, 5.41) is 8.87. The second-order valence-corrected chi connectivity index (χ2v) is 6.22. The van der Waals surface area contributed by atoms with Gasteiger partial charge < -0.3 is 5.11 Å². The summed E-state index contributed by atoms with van der Waals surface area (Å²) in [5.41, 5.74) is 0. The molecule has 0 fully saturated rings. The lowest BCUT2D eigenvalue weighted by Crippen LogP contribution is -2.07.